The summed E-state index contributed by atoms with van der Waals surface area (Å²) in [5, 5.41) is 11.2. The Morgan fingerprint density at radius 1 is 1.12 bits per heavy atom. The first-order chi connectivity index (χ1) is 11.6. The molecule has 0 atom stereocenters. The van der Waals surface area contributed by atoms with Crippen molar-refractivity contribution >= 4 is 40.9 Å². The van der Waals surface area contributed by atoms with Crippen LogP contribution in [0.25, 0.3) is 17.5 Å². The van der Waals surface area contributed by atoms with E-state index >= 15 is 0 Å². The third-order valence-electron chi connectivity index (χ3n) is 3.14. The monoisotopic (exact) mass is 359 g/mol. The minimum absolute atomic E-state index is 0.311. The van der Waals surface area contributed by atoms with E-state index in [9.17, 15) is 4.79 Å². The molecule has 0 spiro atoms. The van der Waals surface area contributed by atoms with Crippen LogP contribution >= 0.6 is 23.2 Å². The maximum absolute atomic E-state index is 12.1. The molecular formula is C17H11Cl2N3O2. The number of nitrogens with one attached hydrogen (secondary N) is 1. The molecule has 0 radical (unpaired) electrons. The van der Waals surface area contributed by atoms with E-state index < -0.39 is 0 Å². The van der Waals surface area contributed by atoms with Crippen molar-refractivity contribution < 1.29 is 9.21 Å². The Bertz CT molecular complexity index is 872. The average molecular weight is 360 g/mol. The largest absolute Gasteiger partial charge is 0.423 e. The highest BCUT2D eigenvalue weighted by atomic mass is 35.5. The van der Waals surface area contributed by atoms with E-state index in [2.05, 4.69) is 15.5 Å². The lowest BCUT2D eigenvalue weighted by Gasteiger charge is -2.04. The van der Waals surface area contributed by atoms with Gasteiger partial charge in [0.25, 0.3) is 0 Å². The van der Waals surface area contributed by atoms with E-state index in [1.807, 2.05) is 6.07 Å². The third-order valence-corrected chi connectivity index (χ3v) is 3.80. The summed E-state index contributed by atoms with van der Waals surface area (Å²) >= 11 is 12.1. The first kappa shape index (κ1) is 16.2. The van der Waals surface area contributed by atoms with Gasteiger partial charge in [0.1, 0.15) is 0 Å². The van der Waals surface area contributed by atoms with Crippen molar-refractivity contribution in [3.8, 4) is 11.5 Å². The van der Waals surface area contributed by atoms with Gasteiger partial charge in [0.2, 0.25) is 18.2 Å². The molecule has 3 rings (SSSR count). The molecule has 1 N–H and O–H groups in total. The lowest BCUT2D eigenvalue weighted by Crippen LogP contribution is -2.07. The highest BCUT2D eigenvalue weighted by molar-refractivity contribution is 6.37. The Hall–Kier alpha value is -2.63. The summed E-state index contributed by atoms with van der Waals surface area (Å²) in [5.41, 5.74) is 1.91. The van der Waals surface area contributed by atoms with Gasteiger partial charge < -0.3 is 9.73 Å². The van der Waals surface area contributed by atoms with Crippen LogP contribution in [0.4, 0.5) is 5.69 Å². The Labute approximate surface area is 147 Å². The number of hydrogen-bond acceptors (Lipinski definition) is 4. The van der Waals surface area contributed by atoms with Gasteiger partial charge in [0.15, 0.2) is 0 Å². The molecule has 5 nitrogen and oxygen atoms in total. The number of anilines is 1. The van der Waals surface area contributed by atoms with Crippen LogP contribution in [0.2, 0.25) is 10.0 Å². The van der Waals surface area contributed by atoms with E-state index in [1.54, 1.807) is 42.5 Å². The second-order valence-electron chi connectivity index (χ2n) is 4.78. The van der Waals surface area contributed by atoms with Crippen molar-refractivity contribution in [3.63, 3.8) is 0 Å². The van der Waals surface area contributed by atoms with Crippen LogP contribution in [0.15, 0.2) is 59.4 Å². The third kappa shape index (κ3) is 3.82. The summed E-state index contributed by atoms with van der Waals surface area (Å²) < 4.78 is 5.13. The molecule has 0 bridgehead atoms. The lowest BCUT2D eigenvalue weighted by atomic mass is 10.2. The number of halogens is 2. The van der Waals surface area contributed by atoms with Crippen LogP contribution in [0.5, 0.6) is 0 Å². The number of benzene rings is 2. The summed E-state index contributed by atoms with van der Waals surface area (Å²) in [6, 6.07) is 12.2. The first-order valence-electron chi connectivity index (χ1n) is 6.93. The molecule has 1 aromatic heterocycles. The van der Waals surface area contributed by atoms with Crippen molar-refractivity contribution in [2.75, 3.05) is 5.32 Å². The predicted molar refractivity (Wildman–Crippen MR) is 93.9 cm³/mol. The van der Waals surface area contributed by atoms with Crippen LogP contribution in [0.3, 0.4) is 0 Å². The van der Waals surface area contributed by atoms with Gasteiger partial charge in [-0.25, -0.2) is 0 Å². The molecule has 0 aliphatic heterocycles. The number of nitrogens with zero attached hydrogens (tertiary/aromatic N) is 2. The number of amides is 1. The van der Waals surface area contributed by atoms with E-state index in [-0.39, 0.29) is 5.91 Å². The zero-order chi connectivity index (χ0) is 16.9. The maximum atomic E-state index is 12.1. The number of hydrogen-bond donors (Lipinski definition) is 1. The van der Waals surface area contributed by atoms with E-state index in [0.717, 1.165) is 0 Å². The Balaban J connectivity index is 1.74. The minimum Gasteiger partial charge on any atom is -0.423 e. The molecule has 0 aliphatic rings. The van der Waals surface area contributed by atoms with E-state index in [0.29, 0.717) is 32.8 Å². The van der Waals surface area contributed by atoms with Gasteiger partial charge >= 0.3 is 0 Å². The molecule has 0 fully saturated rings. The molecule has 24 heavy (non-hydrogen) atoms. The number of rotatable bonds is 4. The van der Waals surface area contributed by atoms with Gasteiger partial charge in [-0.3, -0.25) is 4.79 Å². The summed E-state index contributed by atoms with van der Waals surface area (Å²) in [5.74, 6) is 0.0677. The SMILES string of the molecule is O=C(/C=C/c1c(Cl)cccc1Cl)Nc1cccc(-c2nnco2)c1. The Morgan fingerprint density at radius 2 is 1.88 bits per heavy atom. The van der Waals surface area contributed by atoms with Crippen LogP contribution in [0.1, 0.15) is 5.56 Å². The van der Waals surface area contributed by atoms with Crippen LogP contribution in [-0.4, -0.2) is 16.1 Å². The first-order valence-corrected chi connectivity index (χ1v) is 7.69. The average Bonchev–Trinajstić information content (AvgIpc) is 3.09. The van der Waals surface area contributed by atoms with Crippen molar-refractivity contribution in [1.29, 1.82) is 0 Å². The quantitative estimate of drug-likeness (QED) is 0.685. The van der Waals surface area contributed by atoms with Crippen LogP contribution < -0.4 is 5.32 Å². The molecule has 1 heterocycles. The molecule has 1 amide bonds. The second kappa shape index (κ2) is 7.29. The van der Waals surface area contributed by atoms with Crippen molar-refractivity contribution in [2.45, 2.75) is 0 Å². The molecule has 0 saturated carbocycles. The highest BCUT2D eigenvalue weighted by Crippen LogP contribution is 2.25. The molecule has 7 heteroatoms. The molecule has 2 aromatic carbocycles. The van der Waals surface area contributed by atoms with Gasteiger partial charge in [-0.1, -0.05) is 35.3 Å². The van der Waals surface area contributed by atoms with Crippen molar-refractivity contribution in [2.24, 2.45) is 0 Å². The molecular weight excluding hydrogens is 349 g/mol. The number of aromatic nitrogens is 2. The van der Waals surface area contributed by atoms with E-state index in [1.165, 1.54) is 12.5 Å². The fraction of sp³-hybridized carbons (Fsp3) is 0. The van der Waals surface area contributed by atoms with Crippen LogP contribution in [-0.2, 0) is 4.79 Å². The van der Waals surface area contributed by atoms with Gasteiger partial charge in [-0.2, -0.15) is 0 Å². The lowest BCUT2D eigenvalue weighted by molar-refractivity contribution is -0.111. The Morgan fingerprint density at radius 3 is 2.58 bits per heavy atom. The van der Waals surface area contributed by atoms with Crippen LogP contribution in [0, 0.1) is 0 Å². The minimum atomic E-state index is -0.311. The number of carbonyl (C=O) groups excluding carboxylic acids is 1. The molecule has 0 aliphatic carbocycles. The molecule has 120 valence electrons. The fourth-order valence-corrected chi connectivity index (χ4v) is 2.57. The number of carbonyl (C=O) groups is 1. The fourth-order valence-electron chi connectivity index (χ4n) is 2.04. The second-order valence-corrected chi connectivity index (χ2v) is 5.60. The van der Waals surface area contributed by atoms with Crippen molar-refractivity contribution in [3.05, 3.63) is 70.5 Å². The summed E-state index contributed by atoms with van der Waals surface area (Å²) in [4.78, 5) is 12.1. The van der Waals surface area contributed by atoms with E-state index in [4.69, 9.17) is 27.6 Å². The van der Waals surface area contributed by atoms with Gasteiger partial charge in [0.05, 0.1) is 0 Å². The Kier molecular flexibility index (Phi) is 4.93. The smallest absolute Gasteiger partial charge is 0.248 e. The zero-order valence-electron chi connectivity index (χ0n) is 12.2. The maximum Gasteiger partial charge on any atom is 0.248 e. The topological polar surface area (TPSA) is 68.0 Å². The van der Waals surface area contributed by atoms with Crippen molar-refractivity contribution in [1.82, 2.24) is 10.2 Å². The summed E-state index contributed by atoms with van der Waals surface area (Å²) in [6.07, 6.45) is 4.19. The highest BCUT2D eigenvalue weighted by Gasteiger charge is 2.06. The van der Waals surface area contributed by atoms with Gasteiger partial charge in [-0.05, 0) is 36.4 Å². The van der Waals surface area contributed by atoms with Gasteiger partial charge in [-0.15, -0.1) is 10.2 Å². The van der Waals surface area contributed by atoms with Gasteiger partial charge in [0, 0.05) is 32.9 Å². The standard InChI is InChI=1S/C17H11Cl2N3O2/c18-14-5-2-6-15(19)13(14)7-8-16(23)21-12-4-1-3-11(9-12)17-22-20-10-24-17/h1-10H,(H,21,23)/b8-7+. The predicted octanol–water partition coefficient (Wildman–Crippen LogP) is 4.70. The normalized spacial score (nSPS) is 10.9. The molecule has 3 aromatic rings. The summed E-state index contributed by atoms with van der Waals surface area (Å²) in [7, 11) is 0. The summed E-state index contributed by atoms with van der Waals surface area (Å²) in [6.45, 7) is 0. The molecule has 0 unspecified atom stereocenters. The zero-order valence-corrected chi connectivity index (χ0v) is 13.8. The molecule has 0 saturated heterocycles.